The Hall–Kier alpha value is -1.99. The fourth-order valence-corrected chi connectivity index (χ4v) is 5.29. The van der Waals surface area contributed by atoms with Crippen LogP contribution < -0.4 is 0 Å². The van der Waals surface area contributed by atoms with Crippen LogP contribution in [0, 0.1) is 14.9 Å². The maximum absolute atomic E-state index is 11.7. The number of allylic oxidation sites excluding steroid dienone is 2. The van der Waals surface area contributed by atoms with Crippen molar-refractivity contribution in [2.75, 3.05) is 0 Å². The van der Waals surface area contributed by atoms with Gasteiger partial charge in [0.1, 0.15) is 0 Å². The number of hydrogen-bond acceptors (Lipinski definition) is 0. The average Bonchev–Trinajstić information content (AvgIpc) is 3.18. The maximum atomic E-state index is 11.7. The SMILES string of the molecule is CCCCCCc1ccc(C2=C(CCCC)C(CCCC)=C(c3ccc(CCCC)cc3)[N+]2=[N-])cc1.[CH3-].[CH3-].[Ni+2]. The smallest absolute Gasteiger partial charge is 0.493 e. The quantitative estimate of drug-likeness (QED) is 0.0826. The van der Waals surface area contributed by atoms with Gasteiger partial charge in [-0.15, -0.1) is 0 Å². The minimum atomic E-state index is 0. The van der Waals surface area contributed by atoms with Gasteiger partial charge in [-0.1, -0.05) is 90.5 Å². The molecule has 2 aromatic carbocycles. The molecule has 0 radical (unpaired) electrons. The first-order valence-corrected chi connectivity index (χ1v) is 14.8. The Morgan fingerprint density at radius 1 is 0.487 bits per heavy atom. The molecular weight excluding hydrogens is 519 g/mol. The molecule has 0 unspecified atom stereocenters. The van der Waals surface area contributed by atoms with E-state index in [0.717, 1.165) is 73.9 Å². The van der Waals surface area contributed by atoms with Crippen molar-refractivity contribution in [2.24, 2.45) is 0 Å². The van der Waals surface area contributed by atoms with Crippen molar-refractivity contribution in [3.63, 3.8) is 0 Å². The van der Waals surface area contributed by atoms with E-state index in [9.17, 15) is 5.53 Å². The third kappa shape index (κ3) is 10.2. The summed E-state index contributed by atoms with van der Waals surface area (Å²) in [5.41, 5.74) is 21.4. The van der Waals surface area contributed by atoms with Gasteiger partial charge in [-0.2, -0.15) is 0 Å². The van der Waals surface area contributed by atoms with Crippen molar-refractivity contribution in [1.82, 2.24) is 0 Å². The number of nitrogens with zero attached hydrogens (tertiary/aromatic N) is 2. The van der Waals surface area contributed by atoms with E-state index in [0.29, 0.717) is 0 Å². The standard InChI is InChI=1S/C34H48N2.2CH3.Ni/c1-5-9-13-14-16-28-21-25-30(26-22-28)34-32(18-12-8-4)31(17-11-7-3)33(36(34)35)29-23-19-27(20-24-29)15-10-6-2;;;/h19-26H,5-18H2,1-4H3;2*1H3;/q;2*-1;+2. The molecule has 2 aromatic rings. The van der Waals surface area contributed by atoms with Crippen LogP contribution in [0.2, 0.25) is 0 Å². The second-order valence-corrected chi connectivity index (χ2v) is 10.5. The summed E-state index contributed by atoms with van der Waals surface area (Å²) in [6.45, 7) is 9.01. The molecule has 0 aliphatic carbocycles. The zero-order valence-corrected chi connectivity index (χ0v) is 26.7. The van der Waals surface area contributed by atoms with E-state index in [1.165, 1.54) is 65.5 Å². The Bertz CT molecular complexity index is 1030. The molecule has 0 N–H and O–H groups in total. The summed E-state index contributed by atoms with van der Waals surface area (Å²) in [6.07, 6.45) is 16.5. The maximum Gasteiger partial charge on any atom is 2.00 e. The van der Waals surface area contributed by atoms with E-state index >= 15 is 0 Å². The molecular formula is C36H54N2Ni. The van der Waals surface area contributed by atoms with Gasteiger partial charge in [0.25, 0.3) is 0 Å². The van der Waals surface area contributed by atoms with Crippen LogP contribution >= 0.6 is 0 Å². The average molecular weight is 574 g/mol. The Kier molecular flexibility index (Phi) is 19.0. The molecule has 2 nitrogen and oxygen atoms in total. The van der Waals surface area contributed by atoms with Gasteiger partial charge in [-0.25, -0.2) is 4.70 Å². The van der Waals surface area contributed by atoms with E-state index in [4.69, 9.17) is 0 Å². The fraction of sp³-hybridized carbons (Fsp3) is 0.500. The first-order valence-electron chi connectivity index (χ1n) is 14.8. The number of unbranched alkanes of at least 4 members (excludes halogenated alkanes) is 6. The molecule has 0 fully saturated rings. The molecule has 1 aliphatic heterocycles. The normalized spacial score (nSPS) is 12.8. The van der Waals surface area contributed by atoms with E-state index in [1.54, 1.807) is 0 Å². The molecule has 218 valence electrons. The van der Waals surface area contributed by atoms with Crippen LogP contribution in [0.1, 0.15) is 127 Å². The van der Waals surface area contributed by atoms with Crippen molar-refractivity contribution in [3.05, 3.63) is 102 Å². The van der Waals surface area contributed by atoms with Gasteiger partial charge in [0, 0.05) is 22.3 Å². The first-order chi connectivity index (χ1) is 17.6. The van der Waals surface area contributed by atoms with Crippen LogP contribution in [0.3, 0.4) is 0 Å². The van der Waals surface area contributed by atoms with Crippen LogP contribution in [-0.2, 0) is 29.3 Å². The van der Waals surface area contributed by atoms with Gasteiger partial charge in [0.15, 0.2) is 0 Å². The Morgan fingerprint density at radius 2 is 0.846 bits per heavy atom. The van der Waals surface area contributed by atoms with Gasteiger partial charge in [-0.05, 0) is 86.8 Å². The second kappa shape index (κ2) is 20.0. The van der Waals surface area contributed by atoms with E-state index < -0.39 is 0 Å². The summed E-state index contributed by atoms with van der Waals surface area (Å²) in [5, 5.41) is 0. The van der Waals surface area contributed by atoms with Crippen molar-refractivity contribution in [3.8, 4) is 0 Å². The van der Waals surface area contributed by atoms with Gasteiger partial charge >= 0.3 is 16.5 Å². The van der Waals surface area contributed by atoms with Crippen molar-refractivity contribution >= 4 is 11.4 Å². The molecule has 3 heteroatoms. The molecule has 0 saturated heterocycles. The minimum absolute atomic E-state index is 0. The zero-order chi connectivity index (χ0) is 25.8. The molecule has 0 aromatic heterocycles. The number of hydrogen-bond donors (Lipinski definition) is 0. The van der Waals surface area contributed by atoms with Gasteiger partial charge in [0.05, 0.1) is 0 Å². The van der Waals surface area contributed by atoms with Gasteiger partial charge in [-0.3, -0.25) is 0 Å². The van der Waals surface area contributed by atoms with Crippen LogP contribution in [0.25, 0.3) is 16.9 Å². The number of rotatable bonds is 16. The van der Waals surface area contributed by atoms with E-state index in [1.807, 2.05) is 0 Å². The van der Waals surface area contributed by atoms with Crippen molar-refractivity contribution in [2.45, 2.75) is 118 Å². The molecule has 0 amide bonds. The van der Waals surface area contributed by atoms with E-state index in [2.05, 4.69) is 76.2 Å². The molecule has 0 atom stereocenters. The topological polar surface area (TPSA) is 25.3 Å². The summed E-state index contributed by atoms with van der Waals surface area (Å²) in [4.78, 5) is 0. The summed E-state index contributed by atoms with van der Waals surface area (Å²) >= 11 is 0. The zero-order valence-electron chi connectivity index (χ0n) is 25.7. The predicted molar refractivity (Wildman–Crippen MR) is 169 cm³/mol. The number of benzene rings is 2. The van der Waals surface area contributed by atoms with Crippen LogP contribution in [0.15, 0.2) is 59.7 Å². The number of aryl methyl sites for hydroxylation is 2. The molecule has 1 heterocycles. The minimum Gasteiger partial charge on any atom is -0.493 e. The van der Waals surface area contributed by atoms with Crippen molar-refractivity contribution < 1.29 is 21.2 Å². The Labute approximate surface area is 251 Å². The van der Waals surface area contributed by atoms with Crippen LogP contribution in [0.5, 0.6) is 0 Å². The van der Waals surface area contributed by atoms with Gasteiger partial charge < -0.3 is 20.4 Å². The third-order valence-electron chi connectivity index (χ3n) is 7.51. The van der Waals surface area contributed by atoms with Crippen LogP contribution in [0.4, 0.5) is 0 Å². The Balaban J connectivity index is 0.00000481. The molecule has 0 spiro atoms. The Morgan fingerprint density at radius 3 is 1.23 bits per heavy atom. The summed E-state index contributed by atoms with van der Waals surface area (Å²) < 4.78 is 1.52. The molecule has 3 rings (SSSR count). The summed E-state index contributed by atoms with van der Waals surface area (Å²) in [7, 11) is 0. The monoisotopic (exact) mass is 572 g/mol. The predicted octanol–water partition coefficient (Wildman–Crippen LogP) is 11.6. The third-order valence-corrected chi connectivity index (χ3v) is 7.51. The molecule has 1 aliphatic rings. The van der Waals surface area contributed by atoms with Crippen molar-refractivity contribution in [1.29, 1.82) is 0 Å². The fourth-order valence-electron chi connectivity index (χ4n) is 5.29. The molecule has 39 heavy (non-hydrogen) atoms. The van der Waals surface area contributed by atoms with E-state index in [-0.39, 0.29) is 31.3 Å². The summed E-state index contributed by atoms with van der Waals surface area (Å²) in [5.74, 6) is 0. The van der Waals surface area contributed by atoms with Gasteiger partial charge in [0.2, 0.25) is 11.4 Å². The molecule has 0 bridgehead atoms. The first kappa shape index (κ1) is 37.0. The molecule has 0 saturated carbocycles. The summed E-state index contributed by atoms with van der Waals surface area (Å²) in [6, 6.07) is 17.9. The largest absolute Gasteiger partial charge is 2.00 e. The second-order valence-electron chi connectivity index (χ2n) is 10.5. The van der Waals surface area contributed by atoms with Crippen LogP contribution in [-0.4, -0.2) is 4.70 Å².